The lowest BCUT2D eigenvalue weighted by molar-refractivity contribution is 0.0922. The number of hydrogen-bond acceptors (Lipinski definition) is 5. The minimum absolute atomic E-state index is 0.0133. The predicted octanol–water partition coefficient (Wildman–Crippen LogP) is 4.90. The minimum Gasteiger partial charge on any atom is -0.365 e. The first kappa shape index (κ1) is 23.6. The number of rotatable bonds is 5. The Morgan fingerprint density at radius 2 is 2.00 bits per heavy atom. The Bertz CT molecular complexity index is 1420. The fraction of sp³-hybridized carbons (Fsp3) is 0.304. The summed E-state index contributed by atoms with van der Waals surface area (Å²) in [5.74, 6) is -2.14. The summed E-state index contributed by atoms with van der Waals surface area (Å²) < 4.78 is 44.6. The Kier molecular flexibility index (Phi) is 6.38. The minimum atomic E-state index is -0.732. The maximum Gasteiger partial charge on any atom is 0.271 e. The molecule has 1 aliphatic rings. The molecular formula is C23H21F3IN7O. The maximum absolute atomic E-state index is 15.0. The summed E-state index contributed by atoms with van der Waals surface area (Å²) in [6.45, 7) is 1.51. The van der Waals surface area contributed by atoms with Crippen LogP contribution in [0.3, 0.4) is 0 Å². The van der Waals surface area contributed by atoms with Gasteiger partial charge in [0.15, 0.2) is 17.5 Å². The van der Waals surface area contributed by atoms with Crippen LogP contribution in [0.15, 0.2) is 30.9 Å². The molecule has 1 saturated carbocycles. The van der Waals surface area contributed by atoms with Gasteiger partial charge in [0.25, 0.3) is 5.91 Å². The van der Waals surface area contributed by atoms with Crippen LogP contribution >= 0.6 is 22.9 Å². The number of hydrogen-bond donors (Lipinski definition) is 3. The molecule has 1 fully saturated rings. The molecular weight excluding hydrogens is 574 g/mol. The van der Waals surface area contributed by atoms with E-state index in [1.54, 1.807) is 15.3 Å². The summed E-state index contributed by atoms with van der Waals surface area (Å²) in [6.07, 6.45) is 7.66. The molecule has 0 spiro atoms. The van der Waals surface area contributed by atoms with Crippen molar-refractivity contribution in [2.75, 3.05) is 5.32 Å². The highest BCUT2D eigenvalue weighted by Crippen LogP contribution is 2.31. The number of nitrogens with zero attached hydrogens (tertiary/aromatic N) is 4. The zero-order chi connectivity index (χ0) is 24.7. The number of nitrogens with one attached hydrogen (secondary N) is 3. The summed E-state index contributed by atoms with van der Waals surface area (Å²) >= 11 is 2.02. The molecule has 3 aromatic heterocycles. The van der Waals surface area contributed by atoms with Gasteiger partial charge < -0.3 is 15.6 Å². The zero-order valence-electron chi connectivity index (χ0n) is 18.6. The molecule has 12 heteroatoms. The van der Waals surface area contributed by atoms with Crippen LogP contribution in [0.2, 0.25) is 0 Å². The van der Waals surface area contributed by atoms with E-state index in [0.29, 0.717) is 17.7 Å². The van der Waals surface area contributed by atoms with Gasteiger partial charge in [-0.2, -0.15) is 0 Å². The number of anilines is 1. The number of benzene rings is 1. The Morgan fingerprint density at radius 1 is 1.20 bits per heavy atom. The van der Waals surface area contributed by atoms with Gasteiger partial charge in [-0.3, -0.25) is 7.58 Å². The van der Waals surface area contributed by atoms with Crippen LogP contribution in [0.1, 0.15) is 41.9 Å². The molecule has 2 atom stereocenters. The van der Waals surface area contributed by atoms with Crippen molar-refractivity contribution in [3.8, 4) is 11.4 Å². The molecule has 3 heterocycles. The molecule has 5 rings (SSSR count). The van der Waals surface area contributed by atoms with Gasteiger partial charge in [-0.15, -0.1) is 0 Å². The van der Waals surface area contributed by atoms with Gasteiger partial charge in [0.05, 0.1) is 34.1 Å². The average Bonchev–Trinajstić information content (AvgIpc) is 3.43. The van der Waals surface area contributed by atoms with Gasteiger partial charge >= 0.3 is 0 Å². The number of aryl methyl sites for hydroxylation is 1. The van der Waals surface area contributed by atoms with Crippen LogP contribution in [0.5, 0.6) is 0 Å². The lowest BCUT2D eigenvalue weighted by atomic mass is 9.91. The number of fused-ring (bicyclic) bond motifs is 1. The molecule has 0 aliphatic heterocycles. The second kappa shape index (κ2) is 9.47. The van der Waals surface area contributed by atoms with E-state index in [2.05, 4.69) is 30.6 Å². The summed E-state index contributed by atoms with van der Waals surface area (Å²) in [7, 11) is 0. The molecule has 0 unspecified atom stereocenters. The van der Waals surface area contributed by atoms with Gasteiger partial charge in [-0.1, -0.05) is 0 Å². The molecule has 0 saturated heterocycles. The highest BCUT2D eigenvalue weighted by atomic mass is 127. The van der Waals surface area contributed by atoms with E-state index < -0.39 is 17.5 Å². The number of halogens is 4. The number of aromatic nitrogens is 5. The van der Waals surface area contributed by atoms with Gasteiger partial charge in [-0.25, -0.2) is 28.1 Å². The number of amides is 1. The highest BCUT2D eigenvalue weighted by molar-refractivity contribution is 14.1. The SMILES string of the molecule is Cc1nc(-c2c[nH]c3c(F)cc(F)cc23)nc(N[C@H]2CCC[C@@H](NC(=O)c3cn(I)cn3)C2)c1F. The Hall–Kier alpha value is -3.16. The van der Waals surface area contributed by atoms with Crippen LogP contribution in [0.25, 0.3) is 22.3 Å². The number of carbonyl (C=O) groups is 1. The molecule has 0 bridgehead atoms. The van der Waals surface area contributed by atoms with Crippen molar-refractivity contribution in [2.45, 2.75) is 44.7 Å². The quantitative estimate of drug-likeness (QED) is 0.285. The first-order chi connectivity index (χ1) is 16.8. The smallest absolute Gasteiger partial charge is 0.271 e. The van der Waals surface area contributed by atoms with E-state index in [1.165, 1.54) is 19.2 Å². The van der Waals surface area contributed by atoms with E-state index in [9.17, 15) is 18.0 Å². The molecule has 35 heavy (non-hydrogen) atoms. The van der Waals surface area contributed by atoms with Crippen molar-refractivity contribution in [1.82, 2.24) is 28.0 Å². The van der Waals surface area contributed by atoms with Gasteiger partial charge in [0.2, 0.25) is 0 Å². The first-order valence-corrected chi connectivity index (χ1v) is 12.0. The number of aromatic amines is 1. The lowest BCUT2D eigenvalue weighted by Crippen LogP contribution is -2.42. The Morgan fingerprint density at radius 3 is 2.77 bits per heavy atom. The molecule has 8 nitrogen and oxygen atoms in total. The lowest BCUT2D eigenvalue weighted by Gasteiger charge is -2.30. The third kappa shape index (κ3) is 4.83. The van der Waals surface area contributed by atoms with E-state index in [1.807, 2.05) is 22.9 Å². The molecule has 1 aliphatic carbocycles. The van der Waals surface area contributed by atoms with Crippen LogP contribution in [-0.2, 0) is 0 Å². The summed E-state index contributed by atoms with van der Waals surface area (Å²) in [5, 5.41) is 6.42. The van der Waals surface area contributed by atoms with E-state index in [4.69, 9.17) is 0 Å². The third-order valence-electron chi connectivity index (χ3n) is 6.10. The molecule has 1 amide bonds. The van der Waals surface area contributed by atoms with Crippen molar-refractivity contribution >= 4 is 45.5 Å². The fourth-order valence-electron chi connectivity index (χ4n) is 4.44. The molecule has 1 aromatic carbocycles. The second-order valence-corrected chi connectivity index (χ2v) is 9.70. The topological polar surface area (TPSA) is 101 Å². The zero-order valence-corrected chi connectivity index (χ0v) is 20.7. The average molecular weight is 595 g/mol. The summed E-state index contributed by atoms with van der Waals surface area (Å²) in [4.78, 5) is 27.9. The fourth-order valence-corrected chi connectivity index (χ4v) is 4.83. The van der Waals surface area contributed by atoms with Crippen LogP contribution in [0.4, 0.5) is 19.0 Å². The van der Waals surface area contributed by atoms with E-state index in [0.717, 1.165) is 25.3 Å². The summed E-state index contributed by atoms with van der Waals surface area (Å²) in [5.41, 5.74) is 0.940. The van der Waals surface area contributed by atoms with E-state index >= 15 is 0 Å². The largest absolute Gasteiger partial charge is 0.365 e. The third-order valence-corrected chi connectivity index (χ3v) is 6.63. The van der Waals surface area contributed by atoms with Crippen LogP contribution in [-0.4, -0.2) is 40.7 Å². The van der Waals surface area contributed by atoms with Crippen molar-refractivity contribution in [2.24, 2.45) is 0 Å². The van der Waals surface area contributed by atoms with Gasteiger partial charge in [0.1, 0.15) is 23.7 Å². The normalized spacial score (nSPS) is 18.1. The van der Waals surface area contributed by atoms with Crippen molar-refractivity contribution in [3.05, 3.63) is 59.7 Å². The Balaban J connectivity index is 1.36. The van der Waals surface area contributed by atoms with Crippen molar-refractivity contribution in [1.29, 1.82) is 0 Å². The monoisotopic (exact) mass is 595 g/mol. The van der Waals surface area contributed by atoms with Crippen LogP contribution < -0.4 is 10.6 Å². The molecule has 3 N–H and O–H groups in total. The highest BCUT2D eigenvalue weighted by Gasteiger charge is 2.26. The Labute approximate surface area is 212 Å². The van der Waals surface area contributed by atoms with Crippen molar-refractivity contribution < 1.29 is 18.0 Å². The maximum atomic E-state index is 15.0. The second-order valence-electron chi connectivity index (χ2n) is 8.59. The van der Waals surface area contributed by atoms with Gasteiger partial charge in [-0.05, 0) is 38.7 Å². The van der Waals surface area contributed by atoms with Crippen molar-refractivity contribution in [3.63, 3.8) is 0 Å². The number of H-pyrrole nitrogens is 1. The molecule has 4 aromatic rings. The predicted molar refractivity (Wildman–Crippen MR) is 133 cm³/mol. The molecule has 182 valence electrons. The van der Waals surface area contributed by atoms with Gasteiger partial charge in [0, 0.05) is 41.5 Å². The summed E-state index contributed by atoms with van der Waals surface area (Å²) in [6, 6.07) is 1.75. The number of imidazole rings is 1. The first-order valence-electron chi connectivity index (χ1n) is 11.1. The van der Waals surface area contributed by atoms with E-state index in [-0.39, 0.29) is 46.2 Å². The van der Waals surface area contributed by atoms with Crippen LogP contribution in [0, 0.1) is 24.4 Å². The molecule has 0 radical (unpaired) electrons. The standard InChI is InChI=1S/C23H21F3IN7O/c1-11-19(26)22(33-21(30-11)16-8-28-20-15(16)5-12(24)6-17(20)25)31-13-3-2-4-14(7-13)32-23(35)18-9-34(27)10-29-18/h5-6,8-10,13-14,28H,2-4,7H2,1H3,(H,32,35)(H,30,31,33)/t13-,14+/m0/s1. The number of carbonyl (C=O) groups excluding carboxylic acids is 1.